The number of carbonyl (C=O) groups excluding carboxylic acids is 1. The van der Waals surface area contributed by atoms with Gasteiger partial charge in [-0.15, -0.1) is 0 Å². The van der Waals surface area contributed by atoms with Gasteiger partial charge >= 0.3 is 0 Å². The van der Waals surface area contributed by atoms with E-state index in [0.717, 1.165) is 0 Å². The monoisotopic (exact) mass is 381 g/mol. The minimum Gasteiger partial charge on any atom is -0.322 e. The van der Waals surface area contributed by atoms with Crippen molar-refractivity contribution in [3.63, 3.8) is 0 Å². The van der Waals surface area contributed by atoms with Gasteiger partial charge in [-0.3, -0.25) is 4.79 Å². The maximum atomic E-state index is 14.1. The molecular formula is C18H17ClFNO3S. The molecule has 0 aliphatic heterocycles. The van der Waals surface area contributed by atoms with Crippen LogP contribution in [-0.4, -0.2) is 19.1 Å². The summed E-state index contributed by atoms with van der Waals surface area (Å²) in [6.45, 7) is 0. The molecular weight excluding hydrogens is 365 g/mol. The van der Waals surface area contributed by atoms with Gasteiger partial charge in [0.1, 0.15) is 0 Å². The van der Waals surface area contributed by atoms with Crippen molar-refractivity contribution < 1.29 is 17.6 Å². The molecule has 0 aromatic heterocycles. The van der Waals surface area contributed by atoms with Crippen molar-refractivity contribution in [1.82, 2.24) is 0 Å². The zero-order chi connectivity index (χ0) is 18.1. The Labute approximate surface area is 150 Å². The Morgan fingerprint density at radius 2 is 1.68 bits per heavy atom. The second-order valence-electron chi connectivity index (χ2n) is 6.07. The standard InChI is InChI=1S/C18H17ClFNO3S/c19-14-9-6-10-15(16(14)20)21-17(22)18(11-4-5-12-18)25(23,24)13-7-2-1-3-8-13/h1-3,6-10H,4-5,11-12H2,(H,21,22). The van der Waals surface area contributed by atoms with Crippen LogP contribution >= 0.6 is 11.6 Å². The fourth-order valence-electron chi connectivity index (χ4n) is 3.23. The number of hydrogen-bond donors (Lipinski definition) is 1. The number of benzene rings is 2. The third-order valence-corrected chi connectivity index (χ3v) is 7.40. The second-order valence-corrected chi connectivity index (χ2v) is 8.74. The summed E-state index contributed by atoms with van der Waals surface area (Å²) >= 11 is 5.73. The Kier molecular flexibility index (Phi) is 4.84. The summed E-state index contributed by atoms with van der Waals surface area (Å²) in [7, 11) is -3.91. The van der Waals surface area contributed by atoms with Crippen molar-refractivity contribution in [2.75, 3.05) is 5.32 Å². The fraction of sp³-hybridized carbons (Fsp3) is 0.278. The van der Waals surface area contributed by atoms with Gasteiger partial charge in [-0.1, -0.05) is 48.7 Å². The average Bonchev–Trinajstić information content (AvgIpc) is 3.11. The van der Waals surface area contributed by atoms with Crippen molar-refractivity contribution in [3.05, 3.63) is 59.4 Å². The van der Waals surface area contributed by atoms with E-state index in [4.69, 9.17) is 11.6 Å². The summed E-state index contributed by atoms with van der Waals surface area (Å²) in [5, 5.41) is 2.30. The van der Waals surface area contributed by atoms with Crippen molar-refractivity contribution >= 4 is 33.0 Å². The van der Waals surface area contributed by atoms with E-state index in [1.54, 1.807) is 18.2 Å². The van der Waals surface area contributed by atoms with E-state index in [1.807, 2.05) is 0 Å². The van der Waals surface area contributed by atoms with E-state index in [1.165, 1.54) is 30.3 Å². The van der Waals surface area contributed by atoms with Crippen LogP contribution in [0.1, 0.15) is 25.7 Å². The van der Waals surface area contributed by atoms with Gasteiger partial charge in [0.2, 0.25) is 5.91 Å². The number of carbonyl (C=O) groups is 1. The molecule has 1 N–H and O–H groups in total. The summed E-state index contributed by atoms with van der Waals surface area (Å²) in [6, 6.07) is 12.1. The molecule has 0 bridgehead atoms. The molecule has 2 aromatic carbocycles. The van der Waals surface area contributed by atoms with Crippen molar-refractivity contribution in [3.8, 4) is 0 Å². The van der Waals surface area contributed by atoms with Crippen LogP contribution in [0.25, 0.3) is 0 Å². The molecule has 0 saturated heterocycles. The lowest BCUT2D eigenvalue weighted by Crippen LogP contribution is -2.47. The highest BCUT2D eigenvalue weighted by Crippen LogP contribution is 2.41. The van der Waals surface area contributed by atoms with Crippen LogP contribution in [0.15, 0.2) is 53.4 Å². The number of sulfone groups is 1. The lowest BCUT2D eigenvalue weighted by atomic mass is 10.1. The van der Waals surface area contributed by atoms with Gasteiger partial charge in [-0.25, -0.2) is 12.8 Å². The van der Waals surface area contributed by atoms with Gasteiger partial charge in [-0.2, -0.15) is 0 Å². The predicted octanol–water partition coefficient (Wildman–Crippen LogP) is 4.20. The van der Waals surface area contributed by atoms with Crippen molar-refractivity contribution in [2.45, 2.75) is 35.3 Å². The SMILES string of the molecule is O=C(Nc1cccc(Cl)c1F)C1(S(=O)(=O)c2ccccc2)CCCC1. The second kappa shape index (κ2) is 6.77. The number of halogens is 2. The van der Waals surface area contributed by atoms with Crippen LogP contribution < -0.4 is 5.32 Å². The van der Waals surface area contributed by atoms with Gasteiger partial charge in [-0.05, 0) is 37.1 Å². The normalized spacial score (nSPS) is 16.6. The number of rotatable bonds is 4. The van der Waals surface area contributed by atoms with E-state index < -0.39 is 26.3 Å². The molecule has 25 heavy (non-hydrogen) atoms. The Balaban J connectivity index is 2.01. The molecule has 1 saturated carbocycles. The lowest BCUT2D eigenvalue weighted by molar-refractivity contribution is -0.118. The Morgan fingerprint density at radius 3 is 2.32 bits per heavy atom. The molecule has 1 aliphatic rings. The zero-order valence-electron chi connectivity index (χ0n) is 13.3. The van der Waals surface area contributed by atoms with Gasteiger partial charge in [0.15, 0.2) is 20.4 Å². The van der Waals surface area contributed by atoms with Crippen LogP contribution in [0.2, 0.25) is 5.02 Å². The van der Waals surface area contributed by atoms with E-state index >= 15 is 0 Å². The highest BCUT2D eigenvalue weighted by molar-refractivity contribution is 7.93. The van der Waals surface area contributed by atoms with E-state index in [2.05, 4.69) is 5.32 Å². The largest absolute Gasteiger partial charge is 0.322 e. The molecule has 0 spiro atoms. The van der Waals surface area contributed by atoms with Crippen LogP contribution in [0.3, 0.4) is 0 Å². The van der Waals surface area contributed by atoms with E-state index in [-0.39, 0.29) is 28.4 Å². The molecule has 1 aliphatic carbocycles. The first-order valence-corrected chi connectivity index (χ1v) is 9.80. The number of amides is 1. The minimum atomic E-state index is -3.91. The first-order chi connectivity index (χ1) is 11.9. The molecule has 7 heteroatoms. The van der Waals surface area contributed by atoms with Crippen molar-refractivity contribution in [2.24, 2.45) is 0 Å². The third-order valence-electron chi connectivity index (χ3n) is 4.59. The van der Waals surface area contributed by atoms with Gasteiger partial charge in [0.25, 0.3) is 0 Å². The highest BCUT2D eigenvalue weighted by Gasteiger charge is 2.53. The Morgan fingerprint density at radius 1 is 1.04 bits per heavy atom. The molecule has 0 atom stereocenters. The highest BCUT2D eigenvalue weighted by atomic mass is 35.5. The smallest absolute Gasteiger partial charge is 0.246 e. The van der Waals surface area contributed by atoms with Crippen LogP contribution in [-0.2, 0) is 14.6 Å². The topological polar surface area (TPSA) is 63.2 Å². The summed E-state index contributed by atoms with van der Waals surface area (Å²) in [6.07, 6.45) is 1.66. The molecule has 132 valence electrons. The van der Waals surface area contributed by atoms with E-state index in [9.17, 15) is 17.6 Å². The quantitative estimate of drug-likeness (QED) is 0.863. The van der Waals surface area contributed by atoms with Gasteiger partial charge < -0.3 is 5.32 Å². The van der Waals surface area contributed by atoms with Crippen LogP contribution in [0.4, 0.5) is 10.1 Å². The zero-order valence-corrected chi connectivity index (χ0v) is 14.9. The molecule has 0 radical (unpaired) electrons. The Bertz CT molecular complexity index is 894. The van der Waals surface area contributed by atoms with Crippen LogP contribution in [0, 0.1) is 5.82 Å². The summed E-state index contributed by atoms with van der Waals surface area (Å²) in [4.78, 5) is 13.0. The third kappa shape index (κ3) is 3.04. The number of nitrogens with one attached hydrogen (secondary N) is 1. The summed E-state index contributed by atoms with van der Waals surface area (Å²) in [5.74, 6) is -1.49. The lowest BCUT2D eigenvalue weighted by Gasteiger charge is -2.27. The summed E-state index contributed by atoms with van der Waals surface area (Å²) < 4.78 is 38.8. The molecule has 1 fully saturated rings. The Hall–Kier alpha value is -1.92. The average molecular weight is 382 g/mol. The molecule has 3 rings (SSSR count). The van der Waals surface area contributed by atoms with E-state index in [0.29, 0.717) is 12.8 Å². The minimum absolute atomic E-state index is 0.0959. The molecule has 2 aromatic rings. The number of hydrogen-bond acceptors (Lipinski definition) is 3. The molecule has 4 nitrogen and oxygen atoms in total. The number of anilines is 1. The maximum absolute atomic E-state index is 14.1. The van der Waals surface area contributed by atoms with Crippen LogP contribution in [0.5, 0.6) is 0 Å². The molecule has 1 amide bonds. The van der Waals surface area contributed by atoms with Crippen molar-refractivity contribution in [1.29, 1.82) is 0 Å². The van der Waals surface area contributed by atoms with Gasteiger partial charge in [0, 0.05) is 0 Å². The summed E-state index contributed by atoms with van der Waals surface area (Å²) in [5.41, 5.74) is -0.118. The fourth-order valence-corrected chi connectivity index (χ4v) is 5.49. The maximum Gasteiger partial charge on any atom is 0.246 e. The first-order valence-electron chi connectivity index (χ1n) is 7.94. The van der Waals surface area contributed by atoms with Gasteiger partial charge in [0.05, 0.1) is 15.6 Å². The predicted molar refractivity (Wildman–Crippen MR) is 94.9 cm³/mol. The molecule has 0 unspecified atom stereocenters. The first kappa shape index (κ1) is 17.9. The molecule has 0 heterocycles.